The summed E-state index contributed by atoms with van der Waals surface area (Å²) in [6.07, 6.45) is 3.48. The van der Waals surface area contributed by atoms with Gasteiger partial charge < -0.3 is 9.51 Å². The number of hydrogen-bond donors (Lipinski definition) is 2. The third kappa shape index (κ3) is 3.60. The van der Waals surface area contributed by atoms with Gasteiger partial charge in [-0.25, -0.2) is 4.98 Å². The van der Waals surface area contributed by atoms with Gasteiger partial charge in [0.25, 0.3) is 0 Å². The van der Waals surface area contributed by atoms with Crippen molar-refractivity contribution < 1.29 is 9.32 Å². The smallest absolute Gasteiger partial charge is 0.240 e. The molecule has 1 amide bonds. The first kappa shape index (κ1) is 16.7. The number of nitrogens with zero attached hydrogens (tertiary/aromatic N) is 4. The third-order valence-electron chi connectivity index (χ3n) is 4.76. The fraction of sp³-hybridized carbons (Fsp3) is 0.444. The molecule has 0 bridgehead atoms. The van der Waals surface area contributed by atoms with E-state index in [1.807, 2.05) is 36.1 Å². The molecule has 2 aromatic heterocycles. The molecule has 8 heteroatoms. The molecular weight excluding hydrogens is 332 g/mol. The summed E-state index contributed by atoms with van der Waals surface area (Å²) in [5, 5.41) is 6.86. The van der Waals surface area contributed by atoms with Crippen molar-refractivity contribution in [1.82, 2.24) is 25.0 Å². The summed E-state index contributed by atoms with van der Waals surface area (Å²) in [5.74, 6) is 2.11. The minimum Gasteiger partial charge on any atom is -0.339 e. The van der Waals surface area contributed by atoms with Crippen molar-refractivity contribution in [1.29, 1.82) is 0 Å². The molecule has 1 aliphatic carbocycles. The van der Waals surface area contributed by atoms with E-state index in [0.717, 1.165) is 29.8 Å². The van der Waals surface area contributed by atoms with E-state index in [9.17, 15) is 4.79 Å². The molecule has 0 radical (unpaired) electrons. The molecule has 4 rings (SSSR count). The average molecular weight is 354 g/mol. The summed E-state index contributed by atoms with van der Waals surface area (Å²) in [6, 6.07) is 7.66. The molecule has 3 aromatic rings. The maximum atomic E-state index is 12.3. The molecule has 0 aliphatic heterocycles. The number of nitrogens with one attached hydrogen (secondary N) is 2. The lowest BCUT2D eigenvalue weighted by molar-refractivity contribution is -0.117. The topological polar surface area (TPSA) is 99.9 Å². The fourth-order valence-corrected chi connectivity index (χ4v) is 3.02. The largest absolute Gasteiger partial charge is 0.339 e. The number of para-hydroxylation sites is 2. The Kier molecular flexibility index (Phi) is 4.66. The van der Waals surface area contributed by atoms with Gasteiger partial charge in [0.1, 0.15) is 0 Å². The lowest BCUT2D eigenvalue weighted by Gasteiger charge is -2.20. The van der Waals surface area contributed by atoms with Crippen molar-refractivity contribution in [3.8, 4) is 0 Å². The molecular formula is C18H22N6O2. The summed E-state index contributed by atoms with van der Waals surface area (Å²) >= 11 is 0. The van der Waals surface area contributed by atoms with Crippen molar-refractivity contribution in [2.75, 3.05) is 18.4 Å². The quantitative estimate of drug-likeness (QED) is 0.677. The van der Waals surface area contributed by atoms with E-state index in [1.54, 1.807) is 0 Å². The molecule has 1 fully saturated rings. The molecule has 2 heterocycles. The number of H-pyrrole nitrogens is 1. The van der Waals surface area contributed by atoms with E-state index in [1.165, 1.54) is 6.42 Å². The van der Waals surface area contributed by atoms with Crippen LogP contribution in [0, 0.1) is 0 Å². The van der Waals surface area contributed by atoms with E-state index < -0.39 is 0 Å². The highest BCUT2D eigenvalue weighted by molar-refractivity contribution is 5.92. The lowest BCUT2D eigenvalue weighted by atomic mass is 9.85. The van der Waals surface area contributed by atoms with Crippen molar-refractivity contribution >= 4 is 22.9 Å². The van der Waals surface area contributed by atoms with E-state index in [4.69, 9.17) is 4.52 Å². The standard InChI is InChI=1S/C18H22N6O2/c1-2-24(10-15-21-17(26-23-15)12-6-5-7-12)11-16(25)22-18-19-13-8-3-4-9-14(13)20-18/h3-4,8-9,12H,2,5-7,10-11H2,1H3,(H2,19,20,22,25). The van der Waals surface area contributed by atoms with Gasteiger partial charge >= 0.3 is 0 Å². The first-order valence-electron chi connectivity index (χ1n) is 9.00. The highest BCUT2D eigenvalue weighted by Gasteiger charge is 2.25. The van der Waals surface area contributed by atoms with Gasteiger partial charge in [0.15, 0.2) is 5.82 Å². The van der Waals surface area contributed by atoms with Gasteiger partial charge in [-0.1, -0.05) is 30.6 Å². The first-order chi connectivity index (χ1) is 12.7. The predicted molar refractivity (Wildman–Crippen MR) is 96.6 cm³/mol. The van der Waals surface area contributed by atoms with Crippen LogP contribution in [0.25, 0.3) is 11.0 Å². The Morgan fingerprint density at radius 2 is 2.19 bits per heavy atom. The Balaban J connectivity index is 1.34. The van der Waals surface area contributed by atoms with Crippen LogP contribution >= 0.6 is 0 Å². The molecule has 1 aromatic carbocycles. The van der Waals surface area contributed by atoms with E-state index in [-0.39, 0.29) is 12.5 Å². The van der Waals surface area contributed by atoms with Gasteiger partial charge in [0.05, 0.1) is 24.1 Å². The second-order valence-corrected chi connectivity index (χ2v) is 6.63. The zero-order chi connectivity index (χ0) is 17.9. The molecule has 136 valence electrons. The number of amides is 1. The van der Waals surface area contributed by atoms with Crippen molar-refractivity contribution in [3.63, 3.8) is 0 Å². The number of aromatic nitrogens is 4. The minimum atomic E-state index is -0.131. The van der Waals surface area contributed by atoms with Gasteiger partial charge in [-0.15, -0.1) is 0 Å². The Morgan fingerprint density at radius 1 is 1.35 bits per heavy atom. The average Bonchev–Trinajstić information content (AvgIpc) is 3.18. The highest BCUT2D eigenvalue weighted by Crippen LogP contribution is 2.35. The number of aromatic amines is 1. The monoisotopic (exact) mass is 354 g/mol. The summed E-state index contributed by atoms with van der Waals surface area (Å²) in [7, 11) is 0. The van der Waals surface area contributed by atoms with Crippen LogP contribution in [0.3, 0.4) is 0 Å². The SMILES string of the molecule is CCN(CC(=O)Nc1nc2ccccc2[nH]1)Cc1noc(C2CCC2)n1. The van der Waals surface area contributed by atoms with Gasteiger partial charge in [0.2, 0.25) is 17.7 Å². The number of carbonyl (C=O) groups excluding carboxylic acids is 1. The normalized spacial score (nSPS) is 14.7. The number of benzene rings is 1. The number of likely N-dealkylation sites (N-methyl/N-ethyl adjacent to an activating group) is 1. The molecule has 0 spiro atoms. The molecule has 2 N–H and O–H groups in total. The lowest BCUT2D eigenvalue weighted by Crippen LogP contribution is -2.33. The molecule has 1 aliphatic rings. The van der Waals surface area contributed by atoms with E-state index in [0.29, 0.717) is 30.8 Å². The van der Waals surface area contributed by atoms with Gasteiger partial charge in [0, 0.05) is 5.92 Å². The van der Waals surface area contributed by atoms with Gasteiger partial charge in [-0.05, 0) is 31.5 Å². The van der Waals surface area contributed by atoms with Crippen LogP contribution in [0.1, 0.15) is 43.8 Å². The number of carbonyl (C=O) groups is 1. The summed E-state index contributed by atoms with van der Waals surface area (Å²) < 4.78 is 5.34. The highest BCUT2D eigenvalue weighted by atomic mass is 16.5. The van der Waals surface area contributed by atoms with Crippen LogP contribution in [0.2, 0.25) is 0 Å². The molecule has 0 atom stereocenters. The van der Waals surface area contributed by atoms with Gasteiger partial charge in [-0.2, -0.15) is 4.98 Å². The molecule has 26 heavy (non-hydrogen) atoms. The Morgan fingerprint density at radius 3 is 2.92 bits per heavy atom. The van der Waals surface area contributed by atoms with Crippen LogP contribution < -0.4 is 5.32 Å². The van der Waals surface area contributed by atoms with Crippen LogP contribution in [-0.2, 0) is 11.3 Å². The Labute approximate surface area is 151 Å². The number of fused-ring (bicyclic) bond motifs is 1. The number of rotatable bonds is 7. The Hall–Kier alpha value is -2.74. The minimum absolute atomic E-state index is 0.131. The summed E-state index contributed by atoms with van der Waals surface area (Å²) in [6.45, 7) is 3.43. The third-order valence-corrected chi connectivity index (χ3v) is 4.76. The van der Waals surface area contributed by atoms with Crippen LogP contribution in [0.4, 0.5) is 5.95 Å². The second kappa shape index (κ2) is 7.25. The van der Waals surface area contributed by atoms with Crippen molar-refractivity contribution in [2.24, 2.45) is 0 Å². The van der Waals surface area contributed by atoms with Crippen molar-refractivity contribution in [3.05, 3.63) is 36.0 Å². The van der Waals surface area contributed by atoms with E-state index >= 15 is 0 Å². The maximum absolute atomic E-state index is 12.3. The van der Waals surface area contributed by atoms with Crippen LogP contribution in [0.5, 0.6) is 0 Å². The summed E-state index contributed by atoms with van der Waals surface area (Å²) in [4.78, 5) is 26.2. The number of imidazole rings is 1. The second-order valence-electron chi connectivity index (χ2n) is 6.63. The van der Waals surface area contributed by atoms with Crippen LogP contribution in [0.15, 0.2) is 28.8 Å². The summed E-state index contributed by atoms with van der Waals surface area (Å²) in [5.41, 5.74) is 1.72. The molecule has 1 saturated carbocycles. The number of hydrogen-bond acceptors (Lipinski definition) is 6. The zero-order valence-corrected chi connectivity index (χ0v) is 14.7. The first-order valence-corrected chi connectivity index (χ1v) is 9.00. The maximum Gasteiger partial charge on any atom is 0.240 e. The van der Waals surface area contributed by atoms with E-state index in [2.05, 4.69) is 25.4 Å². The van der Waals surface area contributed by atoms with Crippen molar-refractivity contribution in [2.45, 2.75) is 38.6 Å². The Bertz CT molecular complexity index is 865. The molecule has 8 nitrogen and oxygen atoms in total. The van der Waals surface area contributed by atoms with Gasteiger partial charge in [-0.3, -0.25) is 15.0 Å². The zero-order valence-electron chi connectivity index (χ0n) is 14.7. The van der Waals surface area contributed by atoms with Crippen LogP contribution in [-0.4, -0.2) is 44.0 Å². The predicted octanol–water partition coefficient (Wildman–Crippen LogP) is 2.67. The molecule has 0 saturated heterocycles. The fourth-order valence-electron chi connectivity index (χ4n) is 3.02. The molecule has 0 unspecified atom stereocenters. The number of anilines is 1.